The summed E-state index contributed by atoms with van der Waals surface area (Å²) in [7, 11) is 0. The predicted octanol–water partition coefficient (Wildman–Crippen LogP) is 5.45. The predicted molar refractivity (Wildman–Crippen MR) is 66.8 cm³/mol. The van der Waals surface area contributed by atoms with E-state index in [2.05, 4.69) is 0 Å². The fraction of sp³-hybridized carbons (Fsp3) is 0.455. The summed E-state index contributed by atoms with van der Waals surface area (Å²) < 4.78 is 41.1. The lowest BCUT2D eigenvalue weighted by Crippen LogP contribution is -2.10. The van der Waals surface area contributed by atoms with Crippen molar-refractivity contribution in [2.24, 2.45) is 0 Å². The van der Waals surface area contributed by atoms with Gasteiger partial charge in [0, 0.05) is 17.0 Å². The first-order valence-electron chi connectivity index (χ1n) is 5.07. The van der Waals surface area contributed by atoms with E-state index in [0.717, 1.165) is 0 Å². The third-order valence-electron chi connectivity index (χ3n) is 2.08. The highest BCUT2D eigenvalue weighted by atomic mass is 35.5. The van der Waals surface area contributed by atoms with Gasteiger partial charge in [-0.05, 0) is 18.6 Å². The summed E-state index contributed by atoms with van der Waals surface area (Å²) in [6.45, 7) is -0.0786. The van der Waals surface area contributed by atoms with Gasteiger partial charge in [-0.1, -0.05) is 23.2 Å². The first-order valence-corrected chi connectivity index (χ1v) is 6.36. The normalized spacial score (nSPS) is 11.7. The lowest BCUT2D eigenvalue weighted by Gasteiger charge is -2.13. The van der Waals surface area contributed by atoms with E-state index in [0.29, 0.717) is 16.3 Å². The largest absolute Gasteiger partial charge is 0.492 e. The average molecular weight is 322 g/mol. The monoisotopic (exact) mass is 320 g/mol. The molecule has 0 amide bonds. The van der Waals surface area contributed by atoms with Gasteiger partial charge in [-0.2, -0.15) is 13.2 Å². The van der Waals surface area contributed by atoms with Crippen LogP contribution in [-0.4, -0.2) is 12.8 Å². The second kappa shape index (κ2) is 6.73. The molecular weight excluding hydrogens is 311 g/mol. The van der Waals surface area contributed by atoms with E-state index >= 15 is 0 Å². The van der Waals surface area contributed by atoms with Crippen LogP contribution >= 0.6 is 34.8 Å². The summed E-state index contributed by atoms with van der Waals surface area (Å²) in [4.78, 5) is 0. The lowest BCUT2D eigenvalue weighted by molar-refractivity contribution is -0.136. The van der Waals surface area contributed by atoms with Crippen LogP contribution in [-0.2, 0) is 5.88 Å². The number of alkyl halides is 4. The Morgan fingerprint density at radius 1 is 1.17 bits per heavy atom. The van der Waals surface area contributed by atoms with Crippen molar-refractivity contribution in [2.75, 3.05) is 6.61 Å². The van der Waals surface area contributed by atoms with Crippen LogP contribution in [0.3, 0.4) is 0 Å². The van der Waals surface area contributed by atoms with Crippen molar-refractivity contribution in [2.45, 2.75) is 24.9 Å². The Hall–Kier alpha value is -0.320. The fourth-order valence-corrected chi connectivity index (χ4v) is 2.11. The van der Waals surface area contributed by atoms with E-state index in [9.17, 15) is 13.2 Å². The molecule has 0 aliphatic rings. The summed E-state index contributed by atoms with van der Waals surface area (Å²) in [6, 6.07) is 3.03. The Bertz CT molecular complexity index is 407. The summed E-state index contributed by atoms with van der Waals surface area (Å²) in [5, 5.41) is 0.642. The summed E-state index contributed by atoms with van der Waals surface area (Å²) in [5.41, 5.74) is 0.557. The zero-order chi connectivity index (χ0) is 13.8. The van der Waals surface area contributed by atoms with Crippen molar-refractivity contribution in [3.63, 3.8) is 0 Å². The van der Waals surface area contributed by atoms with Gasteiger partial charge in [0.2, 0.25) is 0 Å². The third kappa shape index (κ3) is 5.12. The quantitative estimate of drug-likeness (QED) is 0.517. The molecule has 0 heterocycles. The van der Waals surface area contributed by atoms with E-state index in [1.165, 1.54) is 6.07 Å². The van der Waals surface area contributed by atoms with Crippen LogP contribution in [0.15, 0.2) is 12.1 Å². The maximum atomic E-state index is 11.9. The molecule has 0 fully saturated rings. The molecule has 0 spiro atoms. The molecule has 0 bridgehead atoms. The molecule has 0 saturated carbocycles. The van der Waals surface area contributed by atoms with Gasteiger partial charge in [0.25, 0.3) is 0 Å². The van der Waals surface area contributed by atoms with Gasteiger partial charge in [-0.15, -0.1) is 11.6 Å². The van der Waals surface area contributed by atoms with Gasteiger partial charge in [-0.3, -0.25) is 0 Å². The zero-order valence-electron chi connectivity index (χ0n) is 9.16. The topological polar surface area (TPSA) is 9.23 Å². The summed E-state index contributed by atoms with van der Waals surface area (Å²) in [6.07, 6.45) is -5.21. The van der Waals surface area contributed by atoms with E-state index in [4.69, 9.17) is 39.5 Å². The van der Waals surface area contributed by atoms with Crippen LogP contribution in [0.1, 0.15) is 18.4 Å². The zero-order valence-corrected chi connectivity index (χ0v) is 11.4. The van der Waals surface area contributed by atoms with Crippen LogP contribution < -0.4 is 4.74 Å². The molecule has 0 unspecified atom stereocenters. The molecule has 1 rings (SSSR count). The molecular formula is C11H10Cl3F3O. The molecule has 0 atom stereocenters. The minimum absolute atomic E-state index is 0.0786. The molecule has 1 aromatic rings. The number of rotatable bonds is 5. The lowest BCUT2D eigenvalue weighted by atomic mass is 10.2. The molecule has 0 N–H and O–H groups in total. The maximum absolute atomic E-state index is 11.9. The number of ether oxygens (including phenoxy) is 1. The summed E-state index contributed by atoms with van der Waals surface area (Å²) in [5.74, 6) is 0.410. The Labute approximate surface area is 118 Å². The number of hydrogen-bond donors (Lipinski definition) is 0. The first-order chi connectivity index (χ1) is 8.33. The van der Waals surface area contributed by atoms with Gasteiger partial charge in [0.15, 0.2) is 0 Å². The third-order valence-corrected chi connectivity index (χ3v) is 2.87. The van der Waals surface area contributed by atoms with Crippen molar-refractivity contribution < 1.29 is 17.9 Å². The van der Waals surface area contributed by atoms with Gasteiger partial charge >= 0.3 is 6.18 Å². The van der Waals surface area contributed by atoms with E-state index < -0.39 is 12.6 Å². The SMILES string of the molecule is FC(F)(F)CCCOc1c(Cl)cc(Cl)cc1CCl. The van der Waals surface area contributed by atoms with E-state index in [-0.39, 0.29) is 23.9 Å². The van der Waals surface area contributed by atoms with Gasteiger partial charge < -0.3 is 4.74 Å². The molecule has 0 aromatic heterocycles. The number of halogens is 6. The van der Waals surface area contributed by atoms with E-state index in [1.807, 2.05) is 0 Å². The Morgan fingerprint density at radius 3 is 2.39 bits per heavy atom. The highest BCUT2D eigenvalue weighted by molar-refractivity contribution is 6.35. The molecule has 0 aliphatic carbocycles. The van der Waals surface area contributed by atoms with Crippen LogP contribution in [0.4, 0.5) is 13.2 Å². The van der Waals surface area contributed by atoms with Crippen molar-refractivity contribution in [1.82, 2.24) is 0 Å². The average Bonchev–Trinajstić information content (AvgIpc) is 2.24. The maximum Gasteiger partial charge on any atom is 0.389 e. The molecule has 1 aromatic carbocycles. The van der Waals surface area contributed by atoms with Gasteiger partial charge in [0.1, 0.15) is 5.75 Å². The minimum Gasteiger partial charge on any atom is -0.492 e. The Morgan fingerprint density at radius 2 is 1.83 bits per heavy atom. The van der Waals surface area contributed by atoms with Crippen LogP contribution in [0.2, 0.25) is 10.0 Å². The van der Waals surface area contributed by atoms with Crippen molar-refractivity contribution in [3.05, 3.63) is 27.7 Å². The molecule has 0 saturated heterocycles. The fourth-order valence-electron chi connectivity index (χ4n) is 1.32. The Balaban J connectivity index is 2.62. The molecule has 102 valence electrons. The minimum atomic E-state index is -4.18. The van der Waals surface area contributed by atoms with Gasteiger partial charge in [-0.25, -0.2) is 0 Å². The highest BCUT2D eigenvalue weighted by Crippen LogP contribution is 2.33. The Kier molecular flexibility index (Phi) is 5.89. The van der Waals surface area contributed by atoms with Crippen LogP contribution in [0.25, 0.3) is 0 Å². The first kappa shape index (κ1) is 15.7. The smallest absolute Gasteiger partial charge is 0.389 e. The second-order valence-electron chi connectivity index (χ2n) is 3.58. The highest BCUT2D eigenvalue weighted by Gasteiger charge is 2.26. The van der Waals surface area contributed by atoms with E-state index in [1.54, 1.807) is 6.07 Å². The molecule has 18 heavy (non-hydrogen) atoms. The molecule has 0 aliphatic heterocycles. The number of benzene rings is 1. The standard InChI is InChI=1S/C11H10Cl3F3O/c12-6-7-4-8(13)5-9(14)10(7)18-3-1-2-11(15,16)17/h4-5H,1-3,6H2. The summed E-state index contributed by atoms with van der Waals surface area (Å²) >= 11 is 17.4. The van der Waals surface area contributed by atoms with Crippen molar-refractivity contribution in [1.29, 1.82) is 0 Å². The van der Waals surface area contributed by atoms with Crippen molar-refractivity contribution in [3.8, 4) is 5.75 Å². The molecule has 1 nitrogen and oxygen atoms in total. The molecule has 0 radical (unpaired) electrons. The number of hydrogen-bond acceptors (Lipinski definition) is 1. The van der Waals surface area contributed by atoms with Gasteiger partial charge in [0.05, 0.1) is 17.5 Å². The molecule has 7 heteroatoms. The van der Waals surface area contributed by atoms with Crippen LogP contribution in [0, 0.1) is 0 Å². The van der Waals surface area contributed by atoms with Crippen molar-refractivity contribution >= 4 is 34.8 Å². The van der Waals surface area contributed by atoms with Crippen LogP contribution in [0.5, 0.6) is 5.75 Å². The second-order valence-corrected chi connectivity index (χ2v) is 4.69.